The number of aryl methyl sites for hydroxylation is 2. The number of piperazine rings is 1. The number of nitrogens with one attached hydrogen (secondary N) is 1. The van der Waals surface area contributed by atoms with Crippen LogP contribution in [0.25, 0.3) is 0 Å². The molecule has 1 amide bonds. The van der Waals surface area contributed by atoms with Crippen LogP contribution in [0.4, 0.5) is 17.2 Å². The molecule has 1 aliphatic rings. The molecule has 1 fully saturated rings. The van der Waals surface area contributed by atoms with Crippen LogP contribution in [0.5, 0.6) is 0 Å². The van der Waals surface area contributed by atoms with E-state index in [1.807, 2.05) is 56.3 Å². The summed E-state index contributed by atoms with van der Waals surface area (Å²) in [5.74, 6) is 1.09. The van der Waals surface area contributed by atoms with Gasteiger partial charge in [-0.1, -0.05) is 41.6 Å². The van der Waals surface area contributed by atoms with Crippen molar-refractivity contribution in [1.82, 2.24) is 10.2 Å². The van der Waals surface area contributed by atoms with Crippen LogP contribution in [0.15, 0.2) is 59.6 Å². The number of benzene rings is 2. The summed E-state index contributed by atoms with van der Waals surface area (Å²) in [7, 11) is 0. The van der Waals surface area contributed by atoms with Gasteiger partial charge in [-0.2, -0.15) is 0 Å². The Labute approximate surface area is 198 Å². The highest BCUT2D eigenvalue weighted by molar-refractivity contribution is 7.99. The van der Waals surface area contributed by atoms with E-state index in [1.54, 1.807) is 0 Å². The van der Waals surface area contributed by atoms with Crippen molar-refractivity contribution in [3.05, 3.63) is 70.7 Å². The first kappa shape index (κ1) is 22.4. The first-order valence-electron chi connectivity index (χ1n) is 10.6. The molecule has 0 radical (unpaired) electrons. The second-order valence-electron chi connectivity index (χ2n) is 7.87. The van der Waals surface area contributed by atoms with Crippen molar-refractivity contribution in [1.29, 1.82) is 0 Å². The van der Waals surface area contributed by atoms with Crippen molar-refractivity contribution in [3.8, 4) is 0 Å². The van der Waals surface area contributed by atoms with Crippen LogP contribution >= 0.6 is 23.4 Å². The Morgan fingerprint density at radius 3 is 2.31 bits per heavy atom. The van der Waals surface area contributed by atoms with Gasteiger partial charge in [0.2, 0.25) is 5.91 Å². The van der Waals surface area contributed by atoms with Gasteiger partial charge in [0.05, 0.1) is 16.5 Å². The Morgan fingerprint density at radius 1 is 0.969 bits per heavy atom. The normalized spacial score (nSPS) is 13.8. The van der Waals surface area contributed by atoms with Crippen LogP contribution in [0, 0.1) is 13.8 Å². The van der Waals surface area contributed by atoms with Crippen LogP contribution in [0.3, 0.4) is 0 Å². The molecular weight excluding hydrogens is 442 g/mol. The molecule has 6 nitrogen and oxygen atoms in total. The number of carbonyl (C=O) groups excluding carboxylic acids is 1. The van der Waals surface area contributed by atoms with Crippen molar-refractivity contribution in [2.75, 3.05) is 47.0 Å². The Bertz CT molecular complexity index is 1060. The summed E-state index contributed by atoms with van der Waals surface area (Å²) in [6, 6.07) is 17.9. The topological polar surface area (TPSA) is 61.4 Å². The van der Waals surface area contributed by atoms with Gasteiger partial charge in [-0.25, -0.2) is 0 Å². The van der Waals surface area contributed by atoms with Crippen LogP contribution < -0.4 is 15.1 Å². The third-order valence-corrected chi connectivity index (χ3v) is 6.52. The number of para-hydroxylation sites is 1. The van der Waals surface area contributed by atoms with Gasteiger partial charge in [-0.15, -0.1) is 10.2 Å². The molecule has 0 aliphatic carbocycles. The number of anilines is 3. The summed E-state index contributed by atoms with van der Waals surface area (Å²) in [5.41, 5.74) is 4.15. The summed E-state index contributed by atoms with van der Waals surface area (Å²) in [6.07, 6.45) is 0. The van der Waals surface area contributed by atoms with Gasteiger partial charge in [-0.05, 0) is 61.4 Å². The zero-order valence-corrected chi connectivity index (χ0v) is 19.8. The molecule has 0 spiro atoms. The quantitative estimate of drug-likeness (QED) is 0.525. The van der Waals surface area contributed by atoms with Crippen molar-refractivity contribution >= 4 is 46.5 Å². The summed E-state index contributed by atoms with van der Waals surface area (Å²) >= 11 is 7.71. The Kier molecular flexibility index (Phi) is 7.17. The molecule has 1 N–H and O–H groups in total. The third-order valence-electron chi connectivity index (χ3n) is 5.28. The van der Waals surface area contributed by atoms with Gasteiger partial charge in [0.1, 0.15) is 5.03 Å². The molecule has 0 atom stereocenters. The molecule has 1 aromatic heterocycles. The van der Waals surface area contributed by atoms with Crippen molar-refractivity contribution in [2.24, 2.45) is 0 Å². The lowest BCUT2D eigenvalue weighted by Gasteiger charge is -2.36. The van der Waals surface area contributed by atoms with Crippen LogP contribution in [-0.2, 0) is 4.79 Å². The van der Waals surface area contributed by atoms with Gasteiger partial charge in [-0.3, -0.25) is 4.79 Å². The van der Waals surface area contributed by atoms with Crippen LogP contribution in [-0.4, -0.2) is 48.0 Å². The summed E-state index contributed by atoms with van der Waals surface area (Å²) in [4.78, 5) is 16.8. The van der Waals surface area contributed by atoms with Crippen LogP contribution in [0.2, 0.25) is 5.02 Å². The van der Waals surface area contributed by atoms with E-state index in [2.05, 4.69) is 37.4 Å². The molecular formula is C24H26ClN5OS. The number of carbonyl (C=O) groups is 1. The van der Waals surface area contributed by atoms with Gasteiger partial charge in [0, 0.05) is 31.9 Å². The standard InChI is InChI=1S/C24H26ClN5OS/c1-17-13-18(2)15-19(14-17)26-23(31)16-32-24-8-7-22(27-28-24)30-11-9-29(10-12-30)21-6-4-3-5-20(21)25/h3-8,13-15H,9-12,16H2,1-2H3,(H,26,31). The largest absolute Gasteiger partial charge is 0.367 e. The molecule has 32 heavy (non-hydrogen) atoms. The number of hydrogen-bond donors (Lipinski definition) is 1. The minimum absolute atomic E-state index is 0.0541. The average Bonchev–Trinajstić information content (AvgIpc) is 2.78. The lowest BCUT2D eigenvalue weighted by molar-refractivity contribution is -0.113. The molecule has 166 valence electrons. The number of thioether (sulfide) groups is 1. The predicted octanol–water partition coefficient (Wildman–Crippen LogP) is 4.80. The highest BCUT2D eigenvalue weighted by Gasteiger charge is 2.20. The maximum absolute atomic E-state index is 12.3. The van der Waals surface area contributed by atoms with Gasteiger partial charge in [0.15, 0.2) is 5.82 Å². The third kappa shape index (κ3) is 5.72. The van der Waals surface area contributed by atoms with E-state index in [-0.39, 0.29) is 11.7 Å². The monoisotopic (exact) mass is 467 g/mol. The Morgan fingerprint density at radius 2 is 1.66 bits per heavy atom. The molecule has 0 unspecified atom stereocenters. The minimum Gasteiger partial charge on any atom is -0.367 e. The number of aromatic nitrogens is 2. The van der Waals surface area contributed by atoms with Crippen molar-refractivity contribution in [2.45, 2.75) is 18.9 Å². The van der Waals surface area contributed by atoms with Gasteiger partial charge >= 0.3 is 0 Å². The zero-order valence-electron chi connectivity index (χ0n) is 18.2. The van der Waals surface area contributed by atoms with E-state index < -0.39 is 0 Å². The zero-order chi connectivity index (χ0) is 22.5. The first-order chi connectivity index (χ1) is 15.5. The maximum Gasteiger partial charge on any atom is 0.234 e. The molecule has 2 aromatic carbocycles. The molecule has 8 heteroatoms. The highest BCUT2D eigenvalue weighted by atomic mass is 35.5. The highest BCUT2D eigenvalue weighted by Crippen LogP contribution is 2.27. The Balaban J connectivity index is 1.27. The smallest absolute Gasteiger partial charge is 0.234 e. The molecule has 0 bridgehead atoms. The molecule has 2 heterocycles. The summed E-state index contributed by atoms with van der Waals surface area (Å²) in [6.45, 7) is 7.49. The van der Waals surface area contributed by atoms with E-state index >= 15 is 0 Å². The number of hydrogen-bond acceptors (Lipinski definition) is 6. The number of nitrogens with zero attached hydrogens (tertiary/aromatic N) is 4. The van der Waals surface area contributed by atoms with E-state index in [0.29, 0.717) is 0 Å². The second kappa shape index (κ2) is 10.2. The van der Waals surface area contributed by atoms with Gasteiger partial charge in [0.25, 0.3) is 0 Å². The minimum atomic E-state index is -0.0541. The summed E-state index contributed by atoms with van der Waals surface area (Å²) < 4.78 is 0. The lowest BCUT2D eigenvalue weighted by atomic mass is 10.1. The predicted molar refractivity (Wildman–Crippen MR) is 133 cm³/mol. The maximum atomic E-state index is 12.3. The first-order valence-corrected chi connectivity index (χ1v) is 11.9. The molecule has 0 saturated carbocycles. The molecule has 4 rings (SSSR count). The van der Waals surface area contributed by atoms with Gasteiger partial charge < -0.3 is 15.1 Å². The van der Waals surface area contributed by atoms with E-state index in [4.69, 9.17) is 11.6 Å². The summed E-state index contributed by atoms with van der Waals surface area (Å²) in [5, 5.41) is 13.2. The number of rotatable bonds is 6. The lowest BCUT2D eigenvalue weighted by Crippen LogP contribution is -2.47. The fraction of sp³-hybridized carbons (Fsp3) is 0.292. The number of halogens is 1. The van der Waals surface area contributed by atoms with E-state index in [9.17, 15) is 4.79 Å². The average molecular weight is 468 g/mol. The van der Waals surface area contributed by atoms with Crippen molar-refractivity contribution < 1.29 is 4.79 Å². The second-order valence-corrected chi connectivity index (χ2v) is 9.27. The van der Waals surface area contributed by atoms with E-state index in [0.717, 1.165) is 64.5 Å². The Hall–Kier alpha value is -2.77. The molecule has 1 aliphatic heterocycles. The van der Waals surface area contributed by atoms with Crippen molar-refractivity contribution in [3.63, 3.8) is 0 Å². The fourth-order valence-electron chi connectivity index (χ4n) is 3.83. The SMILES string of the molecule is Cc1cc(C)cc(NC(=O)CSc2ccc(N3CCN(c4ccccc4Cl)CC3)nn2)c1. The molecule has 3 aromatic rings. The van der Waals surface area contributed by atoms with Crippen LogP contribution in [0.1, 0.15) is 11.1 Å². The van der Waals surface area contributed by atoms with E-state index in [1.165, 1.54) is 11.8 Å². The number of amides is 1. The molecule has 1 saturated heterocycles. The fourth-order valence-corrected chi connectivity index (χ4v) is 4.70.